The van der Waals surface area contributed by atoms with Gasteiger partial charge in [-0.05, 0) is 41.7 Å². The molecule has 0 fully saturated rings. The fraction of sp³-hybridized carbons (Fsp3) is 0.455. The summed E-state index contributed by atoms with van der Waals surface area (Å²) in [6, 6.07) is 17.0. The minimum atomic E-state index is 0.525. The molecular formula is C22H31NO. The highest BCUT2D eigenvalue weighted by atomic mass is 16.5. The second kappa shape index (κ2) is 10.0. The van der Waals surface area contributed by atoms with Crippen LogP contribution >= 0.6 is 0 Å². The van der Waals surface area contributed by atoms with E-state index in [9.17, 15) is 0 Å². The number of unbranched alkanes of at least 4 members (excludes halogenated alkanes) is 3. The van der Waals surface area contributed by atoms with E-state index in [1.54, 1.807) is 0 Å². The molecular weight excluding hydrogens is 294 g/mol. The van der Waals surface area contributed by atoms with Crippen molar-refractivity contribution < 1.29 is 4.74 Å². The zero-order chi connectivity index (χ0) is 17.2. The Morgan fingerprint density at radius 3 is 2.38 bits per heavy atom. The molecule has 2 aromatic carbocycles. The zero-order valence-corrected chi connectivity index (χ0v) is 15.3. The average molecular weight is 325 g/mol. The Kier molecular flexibility index (Phi) is 7.67. The Bertz CT molecular complexity index is 589. The van der Waals surface area contributed by atoms with Crippen LogP contribution in [0.5, 0.6) is 5.75 Å². The van der Waals surface area contributed by atoms with Crippen LogP contribution in [0.15, 0.2) is 48.5 Å². The normalized spacial score (nSPS) is 10.8. The molecule has 0 amide bonds. The third-order valence-electron chi connectivity index (χ3n) is 4.26. The molecule has 0 heterocycles. The smallest absolute Gasteiger partial charge is 0.119 e. The van der Waals surface area contributed by atoms with Gasteiger partial charge < -0.3 is 10.1 Å². The van der Waals surface area contributed by atoms with Gasteiger partial charge in [-0.3, -0.25) is 0 Å². The second-order valence-corrected chi connectivity index (χ2v) is 6.65. The maximum atomic E-state index is 5.80. The van der Waals surface area contributed by atoms with Gasteiger partial charge >= 0.3 is 0 Å². The number of hydrogen-bond acceptors (Lipinski definition) is 2. The molecule has 0 aliphatic carbocycles. The topological polar surface area (TPSA) is 21.3 Å². The molecule has 1 N–H and O–H groups in total. The summed E-state index contributed by atoms with van der Waals surface area (Å²) < 4.78 is 5.80. The molecule has 0 atom stereocenters. The summed E-state index contributed by atoms with van der Waals surface area (Å²) >= 11 is 0. The Hall–Kier alpha value is -1.96. The Morgan fingerprint density at radius 1 is 0.917 bits per heavy atom. The highest BCUT2D eigenvalue weighted by Crippen LogP contribution is 2.24. The highest BCUT2D eigenvalue weighted by Gasteiger charge is 2.05. The molecule has 2 aromatic rings. The lowest BCUT2D eigenvalue weighted by atomic mass is 10.0. The van der Waals surface area contributed by atoms with E-state index in [2.05, 4.69) is 74.6 Å². The Morgan fingerprint density at radius 2 is 1.67 bits per heavy atom. The molecule has 0 bridgehead atoms. The van der Waals surface area contributed by atoms with Crippen molar-refractivity contribution in [3.8, 4) is 5.75 Å². The van der Waals surface area contributed by atoms with Crippen LogP contribution in [0.2, 0.25) is 0 Å². The van der Waals surface area contributed by atoms with Gasteiger partial charge in [0.25, 0.3) is 0 Å². The van der Waals surface area contributed by atoms with E-state index in [0.29, 0.717) is 5.92 Å². The number of para-hydroxylation sites is 1. The van der Waals surface area contributed by atoms with Gasteiger partial charge in [0.1, 0.15) is 5.75 Å². The molecule has 0 saturated carbocycles. The number of hydrogen-bond donors (Lipinski definition) is 1. The summed E-state index contributed by atoms with van der Waals surface area (Å²) in [6.07, 6.45) is 4.96. The number of ether oxygens (including phenoxy) is 1. The molecule has 2 rings (SSSR count). The molecule has 0 spiro atoms. The van der Waals surface area contributed by atoms with Crippen LogP contribution in [-0.2, 0) is 6.54 Å². The van der Waals surface area contributed by atoms with Crippen molar-refractivity contribution in [2.45, 2.75) is 58.9 Å². The first kappa shape index (κ1) is 18.4. The molecule has 24 heavy (non-hydrogen) atoms. The molecule has 2 heteroatoms. The van der Waals surface area contributed by atoms with Gasteiger partial charge in [0.15, 0.2) is 0 Å². The number of benzene rings is 2. The number of anilines is 1. The lowest BCUT2D eigenvalue weighted by Gasteiger charge is -2.14. The second-order valence-electron chi connectivity index (χ2n) is 6.65. The maximum Gasteiger partial charge on any atom is 0.119 e. The molecule has 0 unspecified atom stereocenters. The number of nitrogens with one attached hydrogen (secondary N) is 1. The van der Waals surface area contributed by atoms with Gasteiger partial charge in [0.05, 0.1) is 6.61 Å². The molecule has 0 aromatic heterocycles. The highest BCUT2D eigenvalue weighted by molar-refractivity contribution is 5.52. The van der Waals surface area contributed by atoms with Crippen molar-refractivity contribution in [1.82, 2.24) is 0 Å². The monoisotopic (exact) mass is 325 g/mol. The average Bonchev–Trinajstić information content (AvgIpc) is 2.61. The van der Waals surface area contributed by atoms with Crippen LogP contribution in [0.25, 0.3) is 0 Å². The van der Waals surface area contributed by atoms with Crippen LogP contribution in [0.1, 0.15) is 63.5 Å². The quantitative estimate of drug-likeness (QED) is 0.512. The van der Waals surface area contributed by atoms with E-state index >= 15 is 0 Å². The fourth-order valence-corrected chi connectivity index (χ4v) is 2.78. The molecule has 0 aliphatic rings. The van der Waals surface area contributed by atoms with Crippen LogP contribution in [-0.4, -0.2) is 6.61 Å². The van der Waals surface area contributed by atoms with Gasteiger partial charge in [0.2, 0.25) is 0 Å². The minimum absolute atomic E-state index is 0.525. The van der Waals surface area contributed by atoms with Crippen LogP contribution in [0, 0.1) is 0 Å². The third-order valence-corrected chi connectivity index (χ3v) is 4.26. The summed E-state index contributed by atoms with van der Waals surface area (Å²) in [5.41, 5.74) is 3.86. The Balaban J connectivity index is 1.82. The SMILES string of the molecule is CCCCCCOc1ccc(CNc2ccccc2C(C)C)cc1. The molecule has 0 radical (unpaired) electrons. The van der Waals surface area contributed by atoms with Gasteiger partial charge in [0, 0.05) is 12.2 Å². The Labute approximate surface area is 147 Å². The van der Waals surface area contributed by atoms with Crippen molar-refractivity contribution in [3.05, 3.63) is 59.7 Å². The molecule has 2 nitrogen and oxygen atoms in total. The van der Waals surface area contributed by atoms with Crippen molar-refractivity contribution in [2.75, 3.05) is 11.9 Å². The van der Waals surface area contributed by atoms with Crippen LogP contribution in [0.3, 0.4) is 0 Å². The van der Waals surface area contributed by atoms with Crippen LogP contribution in [0.4, 0.5) is 5.69 Å². The largest absolute Gasteiger partial charge is 0.494 e. The lowest BCUT2D eigenvalue weighted by molar-refractivity contribution is 0.305. The zero-order valence-electron chi connectivity index (χ0n) is 15.3. The lowest BCUT2D eigenvalue weighted by Crippen LogP contribution is -2.03. The fourth-order valence-electron chi connectivity index (χ4n) is 2.78. The van der Waals surface area contributed by atoms with E-state index in [4.69, 9.17) is 4.74 Å². The summed E-state index contributed by atoms with van der Waals surface area (Å²) in [7, 11) is 0. The van der Waals surface area contributed by atoms with E-state index in [-0.39, 0.29) is 0 Å². The van der Waals surface area contributed by atoms with Crippen molar-refractivity contribution >= 4 is 5.69 Å². The predicted octanol–water partition coefficient (Wildman–Crippen LogP) is 6.38. The van der Waals surface area contributed by atoms with E-state index in [1.807, 2.05) is 0 Å². The third kappa shape index (κ3) is 5.92. The summed E-state index contributed by atoms with van der Waals surface area (Å²) in [4.78, 5) is 0. The standard InChI is InChI=1S/C22H31NO/c1-4-5-6-9-16-24-20-14-12-19(13-15-20)17-23-22-11-8-7-10-21(22)18(2)3/h7-8,10-15,18,23H,4-6,9,16-17H2,1-3H3. The number of rotatable bonds is 10. The summed E-state index contributed by atoms with van der Waals surface area (Å²) in [6.45, 7) is 8.34. The molecule has 0 saturated heterocycles. The van der Waals surface area contributed by atoms with Crippen molar-refractivity contribution in [2.24, 2.45) is 0 Å². The molecule has 130 valence electrons. The van der Waals surface area contributed by atoms with Gasteiger partial charge in [-0.1, -0.05) is 70.4 Å². The van der Waals surface area contributed by atoms with E-state index in [1.165, 1.54) is 36.1 Å². The predicted molar refractivity (Wildman–Crippen MR) is 104 cm³/mol. The first-order chi connectivity index (χ1) is 11.7. The van der Waals surface area contributed by atoms with Gasteiger partial charge in [-0.25, -0.2) is 0 Å². The van der Waals surface area contributed by atoms with Crippen molar-refractivity contribution in [3.63, 3.8) is 0 Å². The first-order valence-corrected chi connectivity index (χ1v) is 9.25. The van der Waals surface area contributed by atoms with Gasteiger partial charge in [-0.15, -0.1) is 0 Å². The van der Waals surface area contributed by atoms with E-state index in [0.717, 1.165) is 25.3 Å². The van der Waals surface area contributed by atoms with E-state index < -0.39 is 0 Å². The minimum Gasteiger partial charge on any atom is -0.494 e. The van der Waals surface area contributed by atoms with Crippen molar-refractivity contribution in [1.29, 1.82) is 0 Å². The molecule has 0 aliphatic heterocycles. The summed E-state index contributed by atoms with van der Waals surface area (Å²) in [5.74, 6) is 1.50. The van der Waals surface area contributed by atoms with Gasteiger partial charge in [-0.2, -0.15) is 0 Å². The maximum absolute atomic E-state index is 5.80. The summed E-state index contributed by atoms with van der Waals surface area (Å²) in [5, 5.41) is 3.56. The first-order valence-electron chi connectivity index (χ1n) is 9.25. The van der Waals surface area contributed by atoms with Crippen LogP contribution < -0.4 is 10.1 Å².